The summed E-state index contributed by atoms with van der Waals surface area (Å²) in [7, 11) is 0. The Kier molecular flexibility index (Phi) is 8.90. The first-order valence-electron chi connectivity index (χ1n) is 12.9. The van der Waals surface area contributed by atoms with E-state index in [9.17, 15) is 9.59 Å². The lowest BCUT2D eigenvalue weighted by atomic mass is 10.0. The second-order valence-corrected chi connectivity index (χ2v) is 9.51. The van der Waals surface area contributed by atoms with Gasteiger partial charge in [-0.15, -0.1) is 0 Å². The molecule has 0 atom stereocenters. The van der Waals surface area contributed by atoms with Crippen LogP contribution in [0.25, 0.3) is 0 Å². The molecule has 1 aromatic heterocycles. The number of carbonyl (C=O) groups excluding carboxylic acids is 2. The van der Waals surface area contributed by atoms with E-state index in [2.05, 4.69) is 39.0 Å². The van der Waals surface area contributed by atoms with Crippen molar-refractivity contribution in [2.75, 3.05) is 37.7 Å². The van der Waals surface area contributed by atoms with Crippen LogP contribution in [0, 0.1) is 0 Å². The zero-order valence-electron chi connectivity index (χ0n) is 21.9. The Balaban J connectivity index is 1.31. The third-order valence-electron chi connectivity index (χ3n) is 6.30. The van der Waals surface area contributed by atoms with Crippen LogP contribution >= 0.6 is 0 Å². The largest absolute Gasteiger partial charge is 0.462 e. The molecule has 2 aromatic carbocycles. The molecule has 1 fully saturated rings. The summed E-state index contributed by atoms with van der Waals surface area (Å²) in [5, 5.41) is 0. The second kappa shape index (κ2) is 12.5. The first-order chi connectivity index (χ1) is 17.9. The first kappa shape index (κ1) is 26.4. The lowest BCUT2D eigenvalue weighted by molar-refractivity contribution is 0.0377. The Morgan fingerprint density at radius 3 is 2.32 bits per heavy atom. The van der Waals surface area contributed by atoms with Gasteiger partial charge in [-0.2, -0.15) is 0 Å². The van der Waals surface area contributed by atoms with Crippen LogP contribution in [0.4, 0.5) is 5.82 Å². The van der Waals surface area contributed by atoms with E-state index in [1.54, 1.807) is 24.4 Å². The van der Waals surface area contributed by atoms with Crippen molar-refractivity contribution in [3.8, 4) is 0 Å². The molecule has 0 radical (unpaired) electrons. The molecular weight excluding hydrogens is 466 g/mol. The Labute approximate surface area is 219 Å². The molecule has 37 heavy (non-hydrogen) atoms. The van der Waals surface area contributed by atoms with Gasteiger partial charge in [0.15, 0.2) is 0 Å². The Bertz CT molecular complexity index is 1200. The van der Waals surface area contributed by atoms with Gasteiger partial charge >= 0.3 is 11.9 Å². The summed E-state index contributed by atoms with van der Waals surface area (Å²) in [6, 6.07) is 19.8. The fraction of sp³-hybridized carbons (Fsp3) is 0.367. The van der Waals surface area contributed by atoms with E-state index in [1.165, 1.54) is 11.1 Å². The van der Waals surface area contributed by atoms with E-state index >= 15 is 0 Å². The van der Waals surface area contributed by atoms with Gasteiger partial charge < -0.3 is 14.4 Å². The minimum absolute atomic E-state index is 0.168. The van der Waals surface area contributed by atoms with Crippen molar-refractivity contribution in [2.45, 2.75) is 39.8 Å². The summed E-state index contributed by atoms with van der Waals surface area (Å²) in [5.74, 6) is 0.0898. The monoisotopic (exact) mass is 501 g/mol. The van der Waals surface area contributed by atoms with Crippen molar-refractivity contribution in [2.24, 2.45) is 0 Å². The van der Waals surface area contributed by atoms with Gasteiger partial charge in [-0.1, -0.05) is 36.4 Å². The van der Waals surface area contributed by atoms with Crippen molar-refractivity contribution in [1.82, 2.24) is 9.88 Å². The van der Waals surface area contributed by atoms with Crippen LogP contribution in [-0.2, 0) is 22.4 Å². The number of nitrogens with zero attached hydrogens (tertiary/aromatic N) is 3. The van der Waals surface area contributed by atoms with E-state index in [4.69, 9.17) is 9.47 Å². The van der Waals surface area contributed by atoms with Gasteiger partial charge in [-0.05, 0) is 68.1 Å². The molecule has 0 spiro atoms. The SMILES string of the molecule is CCOC(=O)c1cccc(Cc2ccc(CN3CCN(c4ncccc4C(=O)OC(C)C)CC3)cc2)c1. The van der Waals surface area contributed by atoms with Crippen molar-refractivity contribution in [1.29, 1.82) is 0 Å². The molecule has 0 N–H and O–H groups in total. The molecule has 1 saturated heterocycles. The average Bonchev–Trinajstić information content (AvgIpc) is 2.90. The van der Waals surface area contributed by atoms with Crippen LogP contribution < -0.4 is 4.90 Å². The summed E-state index contributed by atoms with van der Waals surface area (Å²) < 4.78 is 10.5. The van der Waals surface area contributed by atoms with Gasteiger partial charge in [0.25, 0.3) is 0 Å². The highest BCUT2D eigenvalue weighted by Gasteiger charge is 2.23. The fourth-order valence-electron chi connectivity index (χ4n) is 4.48. The predicted octanol–water partition coefficient (Wildman–Crippen LogP) is 4.74. The summed E-state index contributed by atoms with van der Waals surface area (Å²) in [6.45, 7) is 10.1. The van der Waals surface area contributed by atoms with Gasteiger partial charge in [0.05, 0.1) is 18.3 Å². The number of esters is 2. The maximum absolute atomic E-state index is 12.5. The summed E-state index contributed by atoms with van der Waals surface area (Å²) in [4.78, 5) is 33.6. The van der Waals surface area contributed by atoms with Crippen LogP contribution in [0.2, 0.25) is 0 Å². The van der Waals surface area contributed by atoms with Crippen LogP contribution in [0.3, 0.4) is 0 Å². The summed E-state index contributed by atoms with van der Waals surface area (Å²) >= 11 is 0. The molecule has 0 unspecified atom stereocenters. The number of carbonyl (C=O) groups is 2. The molecule has 0 saturated carbocycles. The Morgan fingerprint density at radius 1 is 0.892 bits per heavy atom. The van der Waals surface area contributed by atoms with Crippen molar-refractivity contribution >= 4 is 17.8 Å². The number of pyridine rings is 1. The third-order valence-corrected chi connectivity index (χ3v) is 6.30. The topological polar surface area (TPSA) is 72.0 Å². The molecule has 4 rings (SSSR count). The minimum atomic E-state index is -0.326. The summed E-state index contributed by atoms with van der Waals surface area (Å²) in [6.07, 6.45) is 2.32. The second-order valence-electron chi connectivity index (χ2n) is 9.51. The molecule has 0 bridgehead atoms. The fourth-order valence-corrected chi connectivity index (χ4v) is 4.48. The zero-order valence-corrected chi connectivity index (χ0v) is 21.9. The van der Waals surface area contributed by atoms with E-state index < -0.39 is 0 Å². The smallest absolute Gasteiger partial charge is 0.342 e. The average molecular weight is 502 g/mol. The Hall–Kier alpha value is -3.71. The highest BCUT2D eigenvalue weighted by Crippen LogP contribution is 2.21. The number of aromatic nitrogens is 1. The predicted molar refractivity (Wildman–Crippen MR) is 144 cm³/mol. The van der Waals surface area contributed by atoms with Crippen molar-refractivity contribution < 1.29 is 19.1 Å². The maximum Gasteiger partial charge on any atom is 0.342 e. The van der Waals surface area contributed by atoms with E-state index in [0.29, 0.717) is 23.6 Å². The molecule has 1 aliphatic heterocycles. The molecule has 1 aliphatic rings. The van der Waals surface area contributed by atoms with Gasteiger partial charge in [0, 0.05) is 38.9 Å². The molecule has 194 valence electrons. The quantitative estimate of drug-likeness (QED) is 0.392. The van der Waals surface area contributed by atoms with E-state index in [0.717, 1.165) is 44.7 Å². The molecule has 7 nitrogen and oxygen atoms in total. The number of ether oxygens (including phenoxy) is 2. The van der Waals surface area contributed by atoms with Crippen LogP contribution in [0.15, 0.2) is 66.9 Å². The first-order valence-corrected chi connectivity index (χ1v) is 12.9. The van der Waals surface area contributed by atoms with Crippen LogP contribution in [-0.4, -0.2) is 60.7 Å². The molecular formula is C30H35N3O4. The van der Waals surface area contributed by atoms with Crippen molar-refractivity contribution in [3.05, 3.63) is 94.7 Å². The zero-order chi connectivity index (χ0) is 26.2. The van der Waals surface area contributed by atoms with Gasteiger partial charge in [0.1, 0.15) is 11.4 Å². The standard InChI is InChI=1S/C30H35N3O4/c1-4-36-29(34)26-8-5-7-25(20-26)19-23-10-12-24(13-11-23)21-32-15-17-33(18-16-32)28-27(9-6-14-31-28)30(35)37-22(2)3/h5-14,20,22H,4,15-19,21H2,1-3H3. The van der Waals surface area contributed by atoms with E-state index in [-0.39, 0.29) is 18.0 Å². The number of hydrogen-bond donors (Lipinski definition) is 0. The molecule has 7 heteroatoms. The van der Waals surface area contributed by atoms with Crippen LogP contribution in [0.1, 0.15) is 58.2 Å². The molecule has 3 aromatic rings. The number of hydrogen-bond acceptors (Lipinski definition) is 7. The van der Waals surface area contributed by atoms with Gasteiger partial charge in [0.2, 0.25) is 0 Å². The lowest BCUT2D eigenvalue weighted by Gasteiger charge is -2.36. The van der Waals surface area contributed by atoms with E-state index in [1.807, 2.05) is 39.0 Å². The number of benzene rings is 2. The highest BCUT2D eigenvalue weighted by molar-refractivity contribution is 5.95. The molecule has 2 heterocycles. The highest BCUT2D eigenvalue weighted by atomic mass is 16.5. The van der Waals surface area contributed by atoms with Gasteiger partial charge in [-0.25, -0.2) is 14.6 Å². The lowest BCUT2D eigenvalue weighted by Crippen LogP contribution is -2.46. The normalized spacial score (nSPS) is 14.0. The summed E-state index contributed by atoms with van der Waals surface area (Å²) in [5.41, 5.74) is 4.65. The Morgan fingerprint density at radius 2 is 1.62 bits per heavy atom. The molecule has 0 amide bonds. The number of anilines is 1. The number of rotatable bonds is 9. The maximum atomic E-state index is 12.5. The minimum Gasteiger partial charge on any atom is -0.462 e. The van der Waals surface area contributed by atoms with Crippen LogP contribution in [0.5, 0.6) is 0 Å². The number of piperazine rings is 1. The third kappa shape index (κ3) is 7.17. The molecule has 0 aliphatic carbocycles. The van der Waals surface area contributed by atoms with Gasteiger partial charge in [-0.3, -0.25) is 4.90 Å². The van der Waals surface area contributed by atoms with Crippen molar-refractivity contribution in [3.63, 3.8) is 0 Å².